The molecule has 0 aliphatic heterocycles. The molecule has 0 aromatic carbocycles. The van der Waals surface area contributed by atoms with Crippen LogP contribution in [-0.4, -0.2) is 112 Å². The Morgan fingerprint density at radius 3 is 1.62 bits per heavy atom. The summed E-state index contributed by atoms with van der Waals surface area (Å²) in [5.74, 6) is -4.85. The van der Waals surface area contributed by atoms with E-state index in [-0.39, 0.29) is 13.0 Å². The van der Waals surface area contributed by atoms with E-state index >= 15 is 0 Å². The second-order valence-electron chi connectivity index (χ2n) is 6.11. The lowest BCUT2D eigenvalue weighted by molar-refractivity contribution is -0.161. The number of nitrogens with zero attached hydrogens (tertiary/aromatic N) is 2. The van der Waals surface area contributed by atoms with E-state index in [1.54, 1.807) is 0 Å². The lowest BCUT2D eigenvalue weighted by Crippen LogP contribution is -2.54. The quantitative estimate of drug-likeness (QED) is 0.117. The summed E-state index contributed by atoms with van der Waals surface area (Å²) in [6.45, 7) is -1.33. The minimum absolute atomic E-state index is 0.150. The van der Waals surface area contributed by atoms with Crippen molar-refractivity contribution < 1.29 is 63.5 Å². The molecule has 0 aromatic heterocycles. The molecule has 29 heavy (non-hydrogen) atoms. The van der Waals surface area contributed by atoms with Gasteiger partial charge >= 0.3 is 33.1 Å². The highest BCUT2D eigenvalue weighted by Gasteiger charge is 2.37. The van der Waals surface area contributed by atoms with Gasteiger partial charge in [-0.05, 0) is 13.0 Å². The van der Waals surface area contributed by atoms with Gasteiger partial charge in [0, 0.05) is 19.5 Å². The highest BCUT2D eigenvalue weighted by Crippen LogP contribution is 2.40. The van der Waals surface area contributed by atoms with E-state index < -0.39 is 77.3 Å². The van der Waals surface area contributed by atoms with E-state index in [1.165, 1.54) is 0 Å². The van der Waals surface area contributed by atoms with Crippen molar-refractivity contribution in [3.8, 4) is 0 Å². The van der Waals surface area contributed by atoms with Gasteiger partial charge in [-0.1, -0.05) is 0 Å². The molecule has 170 valence electrons. The molecular weight excluding hydrogens is 442 g/mol. The fourth-order valence-corrected chi connectivity index (χ4v) is 4.11. The second-order valence-corrected chi connectivity index (χ2v) is 9.33. The standard InChI is InChI=1S/C12H24N2O13P2/c15-8(16)2-1-3-14(9(11(18)19)10(17)12(20)21)5-4-13(6-28(22,23)24)7-29(25,26)27/h9-10,17H,1-7H2,(H,15,16)(H,18,19)(H,20,21)(H2,22,23,24)(H2,25,26,27). The van der Waals surface area contributed by atoms with Crippen molar-refractivity contribution in [1.29, 1.82) is 0 Å². The van der Waals surface area contributed by atoms with E-state index in [0.29, 0.717) is 4.90 Å². The summed E-state index contributed by atoms with van der Waals surface area (Å²) in [6.07, 6.45) is -5.11. The molecule has 0 aliphatic rings. The highest BCUT2D eigenvalue weighted by molar-refractivity contribution is 7.52. The van der Waals surface area contributed by atoms with Crippen molar-refractivity contribution in [1.82, 2.24) is 9.80 Å². The first-order valence-electron chi connectivity index (χ1n) is 7.94. The van der Waals surface area contributed by atoms with Crippen LogP contribution in [0.5, 0.6) is 0 Å². The Hall–Kier alpha value is -1.41. The number of carboxylic acids is 3. The van der Waals surface area contributed by atoms with Gasteiger partial charge in [-0.3, -0.25) is 28.5 Å². The Balaban J connectivity index is 5.53. The number of aliphatic hydroxyl groups excluding tert-OH is 1. The average molecular weight is 466 g/mol. The van der Waals surface area contributed by atoms with Crippen LogP contribution in [0.15, 0.2) is 0 Å². The molecular formula is C12H24N2O13P2. The zero-order valence-electron chi connectivity index (χ0n) is 15.0. The smallest absolute Gasteiger partial charge is 0.339 e. The lowest BCUT2D eigenvalue weighted by Gasteiger charge is -2.32. The third kappa shape index (κ3) is 12.7. The topological polar surface area (TPSA) is 254 Å². The molecule has 0 spiro atoms. The number of carboxylic acid groups (broad SMARTS) is 3. The number of hydrogen-bond acceptors (Lipinski definition) is 8. The summed E-state index contributed by atoms with van der Waals surface area (Å²) in [7, 11) is -9.51. The van der Waals surface area contributed by atoms with Gasteiger partial charge in [-0.15, -0.1) is 0 Å². The van der Waals surface area contributed by atoms with Gasteiger partial charge in [-0.2, -0.15) is 0 Å². The van der Waals surface area contributed by atoms with Crippen molar-refractivity contribution in [3.05, 3.63) is 0 Å². The minimum Gasteiger partial charge on any atom is -0.481 e. The molecule has 15 nitrogen and oxygen atoms in total. The molecule has 0 fully saturated rings. The molecule has 0 amide bonds. The fourth-order valence-electron chi connectivity index (χ4n) is 2.43. The van der Waals surface area contributed by atoms with Gasteiger partial charge in [0.1, 0.15) is 18.6 Å². The summed E-state index contributed by atoms with van der Waals surface area (Å²) in [4.78, 5) is 70.8. The maximum atomic E-state index is 11.4. The van der Waals surface area contributed by atoms with E-state index in [9.17, 15) is 33.7 Å². The van der Waals surface area contributed by atoms with Gasteiger partial charge in [0.25, 0.3) is 0 Å². The number of rotatable bonds is 15. The van der Waals surface area contributed by atoms with E-state index in [0.717, 1.165) is 4.90 Å². The van der Waals surface area contributed by atoms with Crippen molar-refractivity contribution in [3.63, 3.8) is 0 Å². The van der Waals surface area contributed by atoms with Gasteiger partial charge < -0.3 is 40.0 Å². The average Bonchev–Trinajstić information content (AvgIpc) is 2.47. The summed E-state index contributed by atoms with van der Waals surface area (Å²) < 4.78 is 22.3. The Labute approximate surface area is 164 Å². The molecule has 0 bridgehead atoms. The Morgan fingerprint density at radius 1 is 0.793 bits per heavy atom. The predicted octanol–water partition coefficient (Wildman–Crippen LogP) is -2.38. The van der Waals surface area contributed by atoms with Crippen LogP contribution in [0.4, 0.5) is 0 Å². The van der Waals surface area contributed by atoms with Crippen LogP contribution in [0, 0.1) is 0 Å². The van der Waals surface area contributed by atoms with Crippen LogP contribution < -0.4 is 0 Å². The summed E-state index contributed by atoms with van der Waals surface area (Å²) >= 11 is 0. The first kappa shape index (κ1) is 27.6. The molecule has 0 aromatic rings. The Bertz CT molecular complexity index is 651. The largest absolute Gasteiger partial charge is 0.481 e. The maximum Gasteiger partial charge on any atom is 0.339 e. The molecule has 0 saturated heterocycles. The maximum absolute atomic E-state index is 11.4. The third-order valence-electron chi connectivity index (χ3n) is 3.51. The second kappa shape index (κ2) is 11.7. The molecule has 17 heteroatoms. The molecule has 2 unspecified atom stereocenters. The van der Waals surface area contributed by atoms with Crippen LogP contribution in [-0.2, 0) is 23.5 Å². The van der Waals surface area contributed by atoms with Gasteiger partial charge in [0.2, 0.25) is 0 Å². The van der Waals surface area contributed by atoms with Gasteiger partial charge in [0.15, 0.2) is 6.10 Å². The summed E-state index contributed by atoms with van der Waals surface area (Å²) in [5.41, 5.74) is 0. The molecule has 0 aliphatic carbocycles. The predicted molar refractivity (Wildman–Crippen MR) is 94.0 cm³/mol. The molecule has 2 atom stereocenters. The Morgan fingerprint density at radius 2 is 1.28 bits per heavy atom. The van der Waals surface area contributed by atoms with Crippen LogP contribution in [0.2, 0.25) is 0 Å². The first-order chi connectivity index (χ1) is 13.0. The zero-order chi connectivity index (χ0) is 23.0. The van der Waals surface area contributed by atoms with Crippen LogP contribution >= 0.6 is 15.2 Å². The fraction of sp³-hybridized carbons (Fsp3) is 0.750. The SMILES string of the molecule is O=C(O)CCCN(CCN(CP(=O)(O)O)CP(=O)(O)O)C(C(=O)O)C(O)C(=O)O. The van der Waals surface area contributed by atoms with E-state index in [1.807, 2.05) is 0 Å². The van der Waals surface area contributed by atoms with Crippen LogP contribution in [0.25, 0.3) is 0 Å². The molecule has 0 rings (SSSR count). The van der Waals surface area contributed by atoms with Gasteiger partial charge in [-0.25, -0.2) is 4.79 Å². The minimum atomic E-state index is -4.75. The zero-order valence-corrected chi connectivity index (χ0v) is 16.8. The monoisotopic (exact) mass is 466 g/mol. The molecule has 0 saturated carbocycles. The number of aliphatic hydroxyl groups is 1. The lowest BCUT2D eigenvalue weighted by atomic mass is 10.1. The normalized spacial score (nSPS) is 14.7. The molecule has 0 heterocycles. The summed E-state index contributed by atoms with van der Waals surface area (Å²) in [6, 6.07) is -2.03. The third-order valence-corrected chi connectivity index (χ3v) is 5.04. The van der Waals surface area contributed by atoms with E-state index in [4.69, 9.17) is 29.8 Å². The van der Waals surface area contributed by atoms with Crippen molar-refractivity contribution >= 4 is 33.1 Å². The summed E-state index contributed by atoms with van der Waals surface area (Å²) in [5, 5.41) is 36.5. The number of aliphatic carboxylic acids is 3. The first-order valence-corrected chi connectivity index (χ1v) is 11.5. The van der Waals surface area contributed by atoms with Crippen LogP contribution in [0.3, 0.4) is 0 Å². The van der Waals surface area contributed by atoms with Crippen molar-refractivity contribution in [2.24, 2.45) is 0 Å². The highest BCUT2D eigenvalue weighted by atomic mass is 31.2. The molecule has 0 radical (unpaired) electrons. The van der Waals surface area contributed by atoms with E-state index in [2.05, 4.69) is 0 Å². The number of hydrogen-bond donors (Lipinski definition) is 8. The van der Waals surface area contributed by atoms with Crippen molar-refractivity contribution in [2.75, 3.05) is 32.2 Å². The van der Waals surface area contributed by atoms with Gasteiger partial charge in [0.05, 0.1) is 0 Å². The number of carbonyl (C=O) groups is 3. The van der Waals surface area contributed by atoms with Crippen LogP contribution in [0.1, 0.15) is 12.8 Å². The molecule has 8 N–H and O–H groups in total. The Kier molecular flexibility index (Phi) is 11.1. The van der Waals surface area contributed by atoms with Crippen molar-refractivity contribution in [2.45, 2.75) is 25.0 Å².